The lowest BCUT2D eigenvalue weighted by Gasteiger charge is -2.42. The Kier molecular flexibility index (Phi) is 5.72. The topological polar surface area (TPSA) is 87.7 Å². The van der Waals surface area contributed by atoms with Crippen LogP contribution in [0.2, 0.25) is 0 Å². The van der Waals surface area contributed by atoms with Crippen LogP contribution in [0.1, 0.15) is 44.5 Å². The summed E-state index contributed by atoms with van der Waals surface area (Å²) >= 11 is 0. The number of amides is 1. The first kappa shape index (κ1) is 20.6. The highest BCUT2D eigenvalue weighted by molar-refractivity contribution is 6.04. The second-order valence-corrected chi connectivity index (χ2v) is 7.32. The smallest absolute Gasteiger partial charge is 0.249 e. The second-order valence-electron chi connectivity index (χ2n) is 7.32. The fourth-order valence-electron chi connectivity index (χ4n) is 3.57. The number of fused-ring (bicyclic) bond motifs is 1. The van der Waals surface area contributed by atoms with Crippen molar-refractivity contribution in [2.75, 3.05) is 29.3 Å². The summed E-state index contributed by atoms with van der Waals surface area (Å²) in [7, 11) is 3.30. The quantitative estimate of drug-likeness (QED) is 0.748. The fourth-order valence-corrected chi connectivity index (χ4v) is 3.57. The number of methoxy groups -OCH3 is 1. The molecule has 1 aliphatic rings. The summed E-state index contributed by atoms with van der Waals surface area (Å²) in [4.78, 5) is 37.1. The predicted octanol–water partition coefficient (Wildman–Crippen LogP) is 3.40. The van der Waals surface area contributed by atoms with E-state index in [4.69, 9.17) is 9.72 Å². The molecule has 1 N–H and O–H groups in total. The van der Waals surface area contributed by atoms with E-state index in [-0.39, 0.29) is 23.8 Å². The van der Waals surface area contributed by atoms with Gasteiger partial charge in [-0.2, -0.15) is 4.98 Å². The molecule has 3 rings (SSSR count). The van der Waals surface area contributed by atoms with Crippen molar-refractivity contribution in [3.05, 3.63) is 30.0 Å². The Morgan fingerprint density at radius 3 is 2.66 bits per heavy atom. The van der Waals surface area contributed by atoms with E-state index >= 15 is 0 Å². The molecule has 2 aromatic rings. The minimum absolute atomic E-state index is 0.0363. The number of ether oxygens (including phenoxy) is 1. The maximum atomic E-state index is 12.7. The van der Waals surface area contributed by atoms with E-state index in [2.05, 4.69) is 10.3 Å². The average molecular weight is 397 g/mol. The summed E-state index contributed by atoms with van der Waals surface area (Å²) in [6.45, 7) is 7.60. The van der Waals surface area contributed by atoms with Crippen molar-refractivity contribution in [3.63, 3.8) is 0 Å². The van der Waals surface area contributed by atoms with Crippen LogP contribution in [-0.4, -0.2) is 47.9 Å². The number of carbonyl (C=O) groups is 2. The van der Waals surface area contributed by atoms with Crippen LogP contribution in [0.15, 0.2) is 24.4 Å². The minimum atomic E-state index is -0.264. The molecular weight excluding hydrogens is 370 g/mol. The summed E-state index contributed by atoms with van der Waals surface area (Å²) in [6.07, 6.45) is 2.34. The third-order valence-electron chi connectivity index (χ3n) is 5.10. The van der Waals surface area contributed by atoms with Gasteiger partial charge in [-0.1, -0.05) is 6.92 Å². The van der Waals surface area contributed by atoms with E-state index in [1.54, 1.807) is 43.5 Å². The molecule has 1 amide bonds. The lowest BCUT2D eigenvalue weighted by molar-refractivity contribution is -0.120. The highest BCUT2D eigenvalue weighted by atomic mass is 16.5. The molecule has 1 atom stereocenters. The largest absolute Gasteiger partial charge is 0.495 e. The van der Waals surface area contributed by atoms with Gasteiger partial charge in [0, 0.05) is 18.7 Å². The number of carbonyl (C=O) groups excluding carboxylic acids is 2. The van der Waals surface area contributed by atoms with Gasteiger partial charge in [-0.05, 0) is 45.4 Å². The summed E-state index contributed by atoms with van der Waals surface area (Å²) in [5.74, 6) is 1.63. The van der Waals surface area contributed by atoms with E-state index in [0.717, 1.165) is 0 Å². The van der Waals surface area contributed by atoms with Gasteiger partial charge in [0.05, 0.1) is 19.0 Å². The zero-order chi connectivity index (χ0) is 21.3. The summed E-state index contributed by atoms with van der Waals surface area (Å²) in [5, 5.41) is 3.17. The van der Waals surface area contributed by atoms with Crippen LogP contribution in [0, 0.1) is 0 Å². The number of hydrogen-bond donors (Lipinski definition) is 1. The average Bonchev–Trinajstić information content (AvgIpc) is 2.70. The summed E-state index contributed by atoms with van der Waals surface area (Å²) in [5.41, 5.74) is 1.90. The fraction of sp³-hybridized carbons (Fsp3) is 0.429. The monoisotopic (exact) mass is 397 g/mol. The number of Topliss-reactive ketones (excluding diaryl/α,β-unsaturated/α-hetero) is 1. The van der Waals surface area contributed by atoms with Gasteiger partial charge < -0.3 is 19.9 Å². The first-order valence-corrected chi connectivity index (χ1v) is 9.67. The molecule has 0 saturated carbocycles. The van der Waals surface area contributed by atoms with Crippen LogP contribution in [-0.2, 0) is 4.79 Å². The van der Waals surface area contributed by atoms with Crippen LogP contribution < -0.4 is 19.9 Å². The number of nitrogens with one attached hydrogen (secondary N) is 1. The van der Waals surface area contributed by atoms with E-state index in [0.29, 0.717) is 40.9 Å². The summed E-state index contributed by atoms with van der Waals surface area (Å²) in [6, 6.07) is 5.01. The number of rotatable bonds is 6. The molecular formula is C21H27N5O3. The lowest BCUT2D eigenvalue weighted by Crippen LogP contribution is -2.54. The predicted molar refractivity (Wildman–Crippen MR) is 113 cm³/mol. The zero-order valence-electron chi connectivity index (χ0n) is 17.7. The van der Waals surface area contributed by atoms with Crippen molar-refractivity contribution in [1.82, 2.24) is 9.97 Å². The summed E-state index contributed by atoms with van der Waals surface area (Å²) < 4.78 is 5.41. The van der Waals surface area contributed by atoms with E-state index in [1.807, 2.05) is 25.7 Å². The van der Waals surface area contributed by atoms with Gasteiger partial charge in [-0.3, -0.25) is 9.59 Å². The molecule has 1 aromatic heterocycles. The molecule has 0 fully saturated rings. The maximum Gasteiger partial charge on any atom is 0.249 e. The normalized spacial score (nSPS) is 16.1. The van der Waals surface area contributed by atoms with Crippen LogP contribution in [0.5, 0.6) is 5.75 Å². The van der Waals surface area contributed by atoms with E-state index in [1.165, 1.54) is 6.92 Å². The van der Waals surface area contributed by atoms with Gasteiger partial charge >= 0.3 is 0 Å². The third kappa shape index (κ3) is 3.74. The molecule has 0 spiro atoms. The van der Waals surface area contributed by atoms with Crippen molar-refractivity contribution >= 4 is 34.8 Å². The van der Waals surface area contributed by atoms with Gasteiger partial charge in [-0.25, -0.2) is 4.98 Å². The van der Waals surface area contributed by atoms with Crippen molar-refractivity contribution < 1.29 is 14.3 Å². The van der Waals surface area contributed by atoms with Gasteiger partial charge in [-0.15, -0.1) is 0 Å². The Balaban J connectivity index is 2.01. The molecule has 1 aliphatic heterocycles. The maximum absolute atomic E-state index is 12.7. The number of benzene rings is 1. The van der Waals surface area contributed by atoms with Crippen LogP contribution >= 0.6 is 0 Å². The Labute approximate surface area is 170 Å². The minimum Gasteiger partial charge on any atom is -0.495 e. The Bertz CT molecular complexity index is 944. The van der Waals surface area contributed by atoms with E-state index in [9.17, 15) is 9.59 Å². The molecule has 29 heavy (non-hydrogen) atoms. The van der Waals surface area contributed by atoms with Gasteiger partial charge in [0.15, 0.2) is 11.6 Å². The molecule has 154 valence electrons. The van der Waals surface area contributed by atoms with Crippen molar-refractivity contribution in [1.29, 1.82) is 0 Å². The van der Waals surface area contributed by atoms with Gasteiger partial charge in [0.1, 0.15) is 17.5 Å². The van der Waals surface area contributed by atoms with Crippen molar-refractivity contribution in [2.45, 2.75) is 46.2 Å². The molecule has 0 radical (unpaired) electrons. The van der Waals surface area contributed by atoms with Crippen LogP contribution in [0.4, 0.5) is 23.1 Å². The first-order valence-electron chi connectivity index (χ1n) is 9.67. The third-order valence-corrected chi connectivity index (χ3v) is 5.10. The zero-order valence-corrected chi connectivity index (χ0v) is 17.7. The van der Waals surface area contributed by atoms with Crippen LogP contribution in [0.25, 0.3) is 0 Å². The molecule has 0 saturated heterocycles. The van der Waals surface area contributed by atoms with Gasteiger partial charge in [0.2, 0.25) is 11.9 Å². The number of nitrogens with zero attached hydrogens (tertiary/aromatic N) is 4. The molecule has 0 bridgehead atoms. The van der Waals surface area contributed by atoms with Crippen LogP contribution in [0.3, 0.4) is 0 Å². The lowest BCUT2D eigenvalue weighted by atomic mass is 10.1. The number of likely N-dealkylation sites (N-methyl/N-ethyl adjacent to an activating group) is 1. The standard InChI is InChI=1S/C21H27N5O3/c1-7-16-20(28)25(5)17-11-22-21(24-19(17)26(16)12(2)3)23-15-9-8-14(13(4)27)10-18(15)29-6/h8-12,16H,7H2,1-6H3,(H,22,23,24)/t16-/m1/s1. The van der Waals surface area contributed by atoms with E-state index < -0.39 is 0 Å². The SMILES string of the molecule is CC[C@@H]1C(=O)N(C)c2cnc(Nc3ccc(C(C)=O)cc3OC)nc2N1C(C)C. The number of ketones is 1. The number of anilines is 4. The first-order chi connectivity index (χ1) is 13.8. The molecule has 8 nitrogen and oxygen atoms in total. The van der Waals surface area contributed by atoms with Crippen molar-refractivity contribution in [3.8, 4) is 5.75 Å². The second kappa shape index (κ2) is 8.06. The number of aromatic nitrogens is 2. The van der Waals surface area contributed by atoms with Gasteiger partial charge in [0.25, 0.3) is 0 Å². The Hall–Kier alpha value is -3.16. The highest BCUT2D eigenvalue weighted by Gasteiger charge is 2.38. The Morgan fingerprint density at radius 1 is 1.34 bits per heavy atom. The number of hydrogen-bond acceptors (Lipinski definition) is 7. The molecule has 8 heteroatoms. The Morgan fingerprint density at radius 2 is 2.07 bits per heavy atom. The van der Waals surface area contributed by atoms with Crippen molar-refractivity contribution in [2.24, 2.45) is 0 Å². The molecule has 0 unspecified atom stereocenters. The highest BCUT2D eigenvalue weighted by Crippen LogP contribution is 2.37. The molecule has 0 aliphatic carbocycles. The molecule has 1 aromatic carbocycles. The molecule has 2 heterocycles.